The number of aromatic nitrogens is 1. The van der Waals surface area contributed by atoms with Crippen LogP contribution in [-0.2, 0) is 10.0 Å². The molecule has 2 aromatic rings. The number of hydrogen-bond acceptors (Lipinski definition) is 5. The molecule has 1 aromatic carbocycles. The van der Waals surface area contributed by atoms with Crippen LogP contribution in [0.2, 0.25) is 5.02 Å². The van der Waals surface area contributed by atoms with Gasteiger partial charge < -0.3 is 5.73 Å². The third-order valence-corrected chi connectivity index (χ3v) is 5.64. The smallest absolute Gasteiger partial charge is 0.241 e. The number of hydrogen-bond donors (Lipinski definition) is 2. The summed E-state index contributed by atoms with van der Waals surface area (Å²) in [5.74, 6) is 0. The second kappa shape index (κ2) is 5.69. The number of rotatable bonds is 4. The van der Waals surface area contributed by atoms with E-state index in [-0.39, 0.29) is 10.6 Å². The Hall–Kier alpha value is -1.15. The Bertz CT molecular complexity index is 728. The van der Waals surface area contributed by atoms with Crippen LogP contribution in [0.25, 0.3) is 0 Å². The summed E-state index contributed by atoms with van der Waals surface area (Å²) in [6.07, 6.45) is 0. The number of benzene rings is 1. The molecular formula is C12H14ClN3O2S2. The fourth-order valence-corrected chi connectivity index (χ4v) is 3.85. The number of nitrogens with two attached hydrogens (primary N) is 1. The molecule has 108 valence electrons. The lowest BCUT2D eigenvalue weighted by atomic mass is 10.3. The Morgan fingerprint density at radius 2 is 2.15 bits per heavy atom. The molecule has 0 spiro atoms. The summed E-state index contributed by atoms with van der Waals surface area (Å²) in [6, 6.07) is 3.81. The maximum absolute atomic E-state index is 12.3. The molecule has 0 aliphatic rings. The van der Waals surface area contributed by atoms with Crippen molar-refractivity contribution in [2.75, 3.05) is 5.73 Å². The van der Waals surface area contributed by atoms with Gasteiger partial charge in [0.25, 0.3) is 0 Å². The van der Waals surface area contributed by atoms with Gasteiger partial charge in [-0.05, 0) is 32.0 Å². The Labute approximate surface area is 126 Å². The standard InChI is InChI=1S/C12H14ClN3O2S2/c1-7-6-19-12(15-7)8(2)16-20(17,18)9-3-4-10(13)11(14)5-9/h3-6,8,16H,14H2,1-2H3. The zero-order valence-corrected chi connectivity index (χ0v) is 13.3. The van der Waals surface area contributed by atoms with Crippen molar-refractivity contribution in [1.82, 2.24) is 9.71 Å². The first kappa shape index (κ1) is 15.2. The van der Waals surface area contributed by atoms with E-state index in [0.717, 1.165) is 5.69 Å². The van der Waals surface area contributed by atoms with Gasteiger partial charge in [0.15, 0.2) is 0 Å². The largest absolute Gasteiger partial charge is 0.397 e. The molecule has 1 heterocycles. The highest BCUT2D eigenvalue weighted by molar-refractivity contribution is 7.89. The molecule has 0 aliphatic heterocycles. The average Bonchev–Trinajstić information content (AvgIpc) is 2.79. The lowest BCUT2D eigenvalue weighted by Gasteiger charge is -2.12. The Kier molecular flexibility index (Phi) is 4.33. The quantitative estimate of drug-likeness (QED) is 0.843. The highest BCUT2D eigenvalue weighted by Crippen LogP contribution is 2.24. The fourth-order valence-electron chi connectivity index (χ4n) is 1.61. The molecule has 1 aromatic heterocycles. The van der Waals surface area contributed by atoms with Gasteiger partial charge in [-0.15, -0.1) is 11.3 Å². The third-order valence-electron chi connectivity index (χ3n) is 2.62. The molecule has 20 heavy (non-hydrogen) atoms. The van der Waals surface area contributed by atoms with Gasteiger partial charge in [-0.2, -0.15) is 0 Å². The predicted octanol–water partition coefficient (Wildman–Crippen LogP) is 2.73. The van der Waals surface area contributed by atoms with E-state index < -0.39 is 16.1 Å². The third kappa shape index (κ3) is 3.29. The van der Waals surface area contributed by atoms with Crippen molar-refractivity contribution in [1.29, 1.82) is 0 Å². The number of anilines is 1. The molecule has 3 N–H and O–H groups in total. The van der Waals surface area contributed by atoms with Crippen molar-refractivity contribution >= 4 is 38.6 Å². The second-order valence-corrected chi connectivity index (χ2v) is 7.36. The van der Waals surface area contributed by atoms with E-state index in [1.54, 1.807) is 6.92 Å². The van der Waals surface area contributed by atoms with E-state index in [9.17, 15) is 8.42 Å². The maximum atomic E-state index is 12.3. The van der Waals surface area contributed by atoms with Crippen LogP contribution in [0, 0.1) is 6.92 Å². The van der Waals surface area contributed by atoms with Crippen molar-refractivity contribution < 1.29 is 8.42 Å². The van der Waals surface area contributed by atoms with Crippen LogP contribution < -0.4 is 10.5 Å². The van der Waals surface area contributed by atoms with Crippen LogP contribution in [0.15, 0.2) is 28.5 Å². The summed E-state index contributed by atoms with van der Waals surface area (Å²) < 4.78 is 27.1. The number of nitrogen functional groups attached to an aromatic ring is 1. The Morgan fingerprint density at radius 1 is 1.45 bits per heavy atom. The molecule has 2 rings (SSSR count). The van der Waals surface area contributed by atoms with Crippen LogP contribution in [0.3, 0.4) is 0 Å². The van der Waals surface area contributed by atoms with Gasteiger partial charge in [-0.1, -0.05) is 11.6 Å². The van der Waals surface area contributed by atoms with E-state index in [1.165, 1.54) is 29.5 Å². The fraction of sp³-hybridized carbons (Fsp3) is 0.250. The van der Waals surface area contributed by atoms with E-state index in [2.05, 4.69) is 9.71 Å². The van der Waals surface area contributed by atoms with E-state index in [4.69, 9.17) is 17.3 Å². The minimum absolute atomic E-state index is 0.0829. The molecule has 0 amide bonds. The van der Waals surface area contributed by atoms with E-state index in [0.29, 0.717) is 10.0 Å². The normalized spacial score (nSPS) is 13.3. The van der Waals surface area contributed by atoms with E-state index in [1.807, 2.05) is 12.3 Å². The highest BCUT2D eigenvalue weighted by Gasteiger charge is 2.20. The first-order valence-corrected chi connectivity index (χ1v) is 8.53. The van der Waals surface area contributed by atoms with Gasteiger partial charge in [0.1, 0.15) is 5.01 Å². The monoisotopic (exact) mass is 331 g/mol. The van der Waals surface area contributed by atoms with Crippen molar-refractivity contribution in [3.63, 3.8) is 0 Å². The zero-order chi connectivity index (χ0) is 14.9. The van der Waals surface area contributed by atoms with E-state index >= 15 is 0 Å². The van der Waals surface area contributed by atoms with Crippen LogP contribution in [0.4, 0.5) is 5.69 Å². The van der Waals surface area contributed by atoms with Crippen molar-refractivity contribution in [2.45, 2.75) is 24.8 Å². The van der Waals surface area contributed by atoms with Crippen molar-refractivity contribution in [3.8, 4) is 0 Å². The zero-order valence-electron chi connectivity index (χ0n) is 10.9. The maximum Gasteiger partial charge on any atom is 0.241 e. The molecular weight excluding hydrogens is 318 g/mol. The first-order chi connectivity index (χ1) is 9.29. The van der Waals surface area contributed by atoms with Gasteiger partial charge >= 0.3 is 0 Å². The second-order valence-electron chi connectivity index (χ2n) is 4.35. The molecule has 0 fully saturated rings. The topological polar surface area (TPSA) is 85.1 Å². The highest BCUT2D eigenvalue weighted by atomic mass is 35.5. The molecule has 1 unspecified atom stereocenters. The van der Waals surface area contributed by atoms with Gasteiger partial charge in [0.2, 0.25) is 10.0 Å². The van der Waals surface area contributed by atoms with Crippen LogP contribution >= 0.6 is 22.9 Å². The molecule has 0 radical (unpaired) electrons. The number of nitrogens with one attached hydrogen (secondary N) is 1. The molecule has 0 aliphatic carbocycles. The first-order valence-electron chi connectivity index (χ1n) is 5.79. The van der Waals surface area contributed by atoms with Crippen LogP contribution in [0.1, 0.15) is 23.7 Å². The van der Waals surface area contributed by atoms with Gasteiger partial charge in [0, 0.05) is 11.1 Å². The summed E-state index contributed by atoms with van der Waals surface area (Å²) in [4.78, 5) is 4.35. The molecule has 0 saturated heterocycles. The molecule has 0 bridgehead atoms. The Morgan fingerprint density at radius 3 is 2.70 bits per heavy atom. The number of aryl methyl sites for hydroxylation is 1. The molecule has 5 nitrogen and oxygen atoms in total. The number of halogens is 1. The molecule has 8 heteroatoms. The summed E-state index contributed by atoms with van der Waals surface area (Å²) in [6.45, 7) is 3.61. The average molecular weight is 332 g/mol. The summed E-state index contributed by atoms with van der Waals surface area (Å²) >= 11 is 7.20. The number of nitrogens with zero attached hydrogens (tertiary/aromatic N) is 1. The lowest BCUT2D eigenvalue weighted by Crippen LogP contribution is -2.27. The lowest BCUT2D eigenvalue weighted by molar-refractivity contribution is 0.566. The Balaban J connectivity index is 2.24. The van der Waals surface area contributed by atoms with Crippen molar-refractivity contribution in [2.24, 2.45) is 0 Å². The van der Waals surface area contributed by atoms with Crippen molar-refractivity contribution in [3.05, 3.63) is 39.3 Å². The van der Waals surface area contributed by atoms with Gasteiger partial charge in [-0.3, -0.25) is 0 Å². The summed E-state index contributed by atoms with van der Waals surface area (Å²) in [5, 5.41) is 2.92. The number of thiazole rings is 1. The minimum atomic E-state index is -3.66. The van der Waals surface area contributed by atoms with Gasteiger partial charge in [0.05, 0.1) is 21.6 Å². The molecule has 1 atom stereocenters. The SMILES string of the molecule is Cc1csc(C(C)NS(=O)(=O)c2ccc(Cl)c(N)c2)n1. The predicted molar refractivity (Wildman–Crippen MR) is 81.5 cm³/mol. The molecule has 0 saturated carbocycles. The summed E-state index contributed by atoms with van der Waals surface area (Å²) in [7, 11) is -3.66. The van der Waals surface area contributed by atoms with Gasteiger partial charge in [-0.25, -0.2) is 18.1 Å². The van der Waals surface area contributed by atoms with Crippen LogP contribution in [0.5, 0.6) is 0 Å². The summed E-state index contributed by atoms with van der Waals surface area (Å²) in [5.41, 5.74) is 6.72. The van der Waals surface area contributed by atoms with Crippen LogP contribution in [-0.4, -0.2) is 13.4 Å². The minimum Gasteiger partial charge on any atom is -0.397 e. The number of sulfonamides is 1.